The number of pyridine rings is 2. The van der Waals surface area contributed by atoms with Gasteiger partial charge < -0.3 is 39.9 Å². The topological polar surface area (TPSA) is 175 Å². The first-order valence-corrected chi connectivity index (χ1v) is 27.6. The number of rotatable bonds is 22. The number of H-pyrrole nitrogens is 2. The molecule has 16 nitrogen and oxygen atoms in total. The minimum Gasteiger partial charge on any atom is -0.493 e. The lowest BCUT2D eigenvalue weighted by molar-refractivity contribution is -0.122. The highest BCUT2D eigenvalue weighted by Crippen LogP contribution is 2.41. The van der Waals surface area contributed by atoms with Crippen molar-refractivity contribution in [2.75, 3.05) is 66.6 Å². The number of amides is 2. The smallest absolute Gasteiger partial charge is 0.220 e. The molecule has 0 bridgehead atoms. The van der Waals surface area contributed by atoms with Crippen LogP contribution in [0.3, 0.4) is 0 Å². The van der Waals surface area contributed by atoms with Crippen LogP contribution in [-0.4, -0.2) is 127 Å². The first-order chi connectivity index (χ1) is 36.5. The number of methoxy groups -OCH3 is 2. The number of carbonyl (C=O) groups is 2. The molecule has 2 aliphatic rings. The third-order valence-electron chi connectivity index (χ3n) is 16.0. The van der Waals surface area contributed by atoms with Gasteiger partial charge >= 0.3 is 0 Å². The summed E-state index contributed by atoms with van der Waals surface area (Å²) < 4.78 is 14.9. The van der Waals surface area contributed by atoms with Crippen LogP contribution in [0.25, 0.3) is 55.6 Å². The highest BCUT2D eigenvalue weighted by atomic mass is 16.5. The molecule has 2 saturated heterocycles. The van der Waals surface area contributed by atoms with Crippen molar-refractivity contribution in [3.63, 3.8) is 0 Å². The van der Waals surface area contributed by atoms with Crippen molar-refractivity contribution < 1.29 is 19.1 Å². The molecule has 2 aliphatic heterocycles. The second kappa shape index (κ2) is 23.4. The molecule has 8 heterocycles. The number of hydrogen-bond donors (Lipinski definition) is 4. The Kier molecular flexibility index (Phi) is 16.1. The molecule has 8 aromatic rings. The Labute approximate surface area is 440 Å². The minimum absolute atomic E-state index is 0.141. The van der Waals surface area contributed by atoms with Crippen molar-refractivity contribution >= 4 is 44.9 Å². The fourth-order valence-electron chi connectivity index (χ4n) is 12.0. The molecule has 16 heteroatoms. The van der Waals surface area contributed by atoms with Gasteiger partial charge in [0.15, 0.2) is 22.8 Å². The molecule has 0 radical (unpaired) electrons. The van der Waals surface area contributed by atoms with Gasteiger partial charge in [0, 0.05) is 84.3 Å². The lowest BCUT2D eigenvalue weighted by Gasteiger charge is -2.32. The standard InChI is InChI=1S/C59H76N12O4/c1-38(2)54-46-30-42(14-16-48(46)66-56(54)44-32-50(74-5)58-62-36-64-70(58)34-44)40-18-24-68(25-19-40)28-22-60-52(72)12-10-8-7-9-11-13-53(73)61-23-29-69-26-20-41(21-27-69)43-15-17-49-47(31-43)55(39(3)4)57(67-49)45-33-51(75-6)59-63-37-65-71(59)35-45/h14-17,30-41,66-67H,7-13,18-29H2,1-6H3,(H,60,72)(H,61,73). The number of benzene rings is 2. The van der Waals surface area contributed by atoms with Crippen molar-refractivity contribution in [3.8, 4) is 34.0 Å². The predicted octanol–water partition coefficient (Wildman–Crippen LogP) is 10.4. The van der Waals surface area contributed by atoms with Crippen LogP contribution >= 0.6 is 0 Å². The molecule has 2 fully saturated rings. The van der Waals surface area contributed by atoms with Crippen LogP contribution in [0.1, 0.15) is 144 Å². The van der Waals surface area contributed by atoms with E-state index in [-0.39, 0.29) is 11.8 Å². The maximum atomic E-state index is 12.7. The zero-order valence-corrected chi connectivity index (χ0v) is 44.9. The van der Waals surface area contributed by atoms with Crippen LogP contribution in [-0.2, 0) is 9.59 Å². The van der Waals surface area contributed by atoms with Crippen LogP contribution in [0.4, 0.5) is 0 Å². The number of aromatic amines is 2. The zero-order valence-electron chi connectivity index (χ0n) is 44.9. The van der Waals surface area contributed by atoms with Crippen molar-refractivity contribution in [2.24, 2.45) is 0 Å². The second-order valence-electron chi connectivity index (χ2n) is 21.6. The summed E-state index contributed by atoms with van der Waals surface area (Å²) in [6.45, 7) is 16.3. The van der Waals surface area contributed by atoms with Crippen molar-refractivity contribution in [1.82, 2.24) is 59.6 Å². The summed E-state index contributed by atoms with van der Waals surface area (Å²) >= 11 is 0. The van der Waals surface area contributed by atoms with Gasteiger partial charge in [-0.25, -0.2) is 19.0 Å². The van der Waals surface area contributed by atoms with Crippen molar-refractivity contribution in [2.45, 2.75) is 122 Å². The Hall–Kier alpha value is -6.78. The summed E-state index contributed by atoms with van der Waals surface area (Å²) in [5.74, 6) is 3.33. The maximum Gasteiger partial charge on any atom is 0.220 e. The Balaban J connectivity index is 0.578. The van der Waals surface area contributed by atoms with Gasteiger partial charge in [-0.05, 0) is 147 Å². The number of aromatic nitrogens is 8. The van der Waals surface area contributed by atoms with Crippen LogP contribution in [0, 0.1) is 0 Å². The quantitative estimate of drug-likeness (QED) is 0.0478. The highest BCUT2D eigenvalue weighted by Gasteiger charge is 2.26. The van der Waals surface area contributed by atoms with E-state index in [0.717, 1.165) is 131 Å². The van der Waals surface area contributed by atoms with E-state index in [1.54, 1.807) is 35.9 Å². The number of fused-ring (bicyclic) bond motifs is 4. The van der Waals surface area contributed by atoms with Crippen LogP contribution in [0.2, 0.25) is 0 Å². The maximum absolute atomic E-state index is 12.7. The average molecular weight is 1020 g/mol. The first-order valence-electron chi connectivity index (χ1n) is 27.6. The fraction of sp³-hybridized carbons (Fsp3) is 0.492. The molecule has 0 spiro atoms. The van der Waals surface area contributed by atoms with E-state index < -0.39 is 0 Å². The summed E-state index contributed by atoms with van der Waals surface area (Å²) in [5, 5.41) is 17.7. The lowest BCUT2D eigenvalue weighted by Crippen LogP contribution is -2.39. The van der Waals surface area contributed by atoms with Crippen LogP contribution in [0.5, 0.6) is 11.5 Å². The molecule has 0 unspecified atom stereocenters. The third-order valence-corrected chi connectivity index (χ3v) is 16.0. The summed E-state index contributed by atoms with van der Waals surface area (Å²) in [5.41, 5.74) is 13.3. The fourth-order valence-corrected chi connectivity index (χ4v) is 12.0. The first kappa shape index (κ1) is 51.7. The van der Waals surface area contributed by atoms with E-state index in [9.17, 15) is 9.59 Å². The van der Waals surface area contributed by atoms with Crippen molar-refractivity contribution in [1.29, 1.82) is 0 Å². The van der Waals surface area contributed by atoms with Gasteiger partial charge in [0.2, 0.25) is 11.8 Å². The van der Waals surface area contributed by atoms with Gasteiger partial charge in [-0.3, -0.25) is 9.59 Å². The molecule has 396 valence electrons. The number of unbranched alkanes of at least 4 members (excludes halogenated alkanes) is 4. The van der Waals surface area contributed by atoms with E-state index in [0.29, 0.717) is 72.4 Å². The molecule has 6 aromatic heterocycles. The van der Waals surface area contributed by atoms with E-state index in [2.05, 4.69) is 115 Å². The monoisotopic (exact) mass is 1020 g/mol. The average Bonchev–Trinajstić information content (AvgIpc) is 4.25. The van der Waals surface area contributed by atoms with Gasteiger partial charge in [0.25, 0.3) is 0 Å². The van der Waals surface area contributed by atoms with Crippen molar-refractivity contribution in [3.05, 3.63) is 95.8 Å². The SMILES string of the molecule is COc1cc(-c2[nH]c3ccc(C4CCN(CCNC(=O)CCCCCCCC(=O)NCCN5CCC(c6ccc7[nH]c(-c8cc(OC)c9ncnn9c8)c(C(C)C)c7c6)CC5)CC4)cc3c2C(C)C)cn2ncnc12. The normalized spacial score (nSPS) is 15.4. The molecule has 0 atom stereocenters. The molecule has 4 N–H and O–H groups in total. The number of hydrogen-bond acceptors (Lipinski definition) is 10. The lowest BCUT2D eigenvalue weighted by atomic mass is 9.87. The summed E-state index contributed by atoms with van der Waals surface area (Å²) in [4.78, 5) is 46.5. The summed E-state index contributed by atoms with van der Waals surface area (Å²) in [6, 6.07) is 18.0. The van der Waals surface area contributed by atoms with E-state index in [1.165, 1.54) is 33.0 Å². The summed E-state index contributed by atoms with van der Waals surface area (Å²) in [6.07, 6.45) is 17.5. The number of piperidine rings is 2. The van der Waals surface area contributed by atoms with E-state index in [1.807, 2.05) is 24.5 Å². The van der Waals surface area contributed by atoms with Gasteiger partial charge in [-0.15, -0.1) is 0 Å². The number of likely N-dealkylation sites (tertiary alicyclic amines) is 2. The number of carbonyl (C=O) groups excluding carboxylic acids is 2. The van der Waals surface area contributed by atoms with E-state index >= 15 is 0 Å². The Morgan fingerprint density at radius 1 is 0.600 bits per heavy atom. The molecule has 75 heavy (non-hydrogen) atoms. The predicted molar refractivity (Wildman–Crippen MR) is 297 cm³/mol. The molecular weight excluding hydrogens is 941 g/mol. The third kappa shape index (κ3) is 11.6. The largest absolute Gasteiger partial charge is 0.493 e. The van der Waals surface area contributed by atoms with Crippen LogP contribution in [0.15, 0.2) is 73.6 Å². The highest BCUT2D eigenvalue weighted by molar-refractivity contribution is 5.93. The molecule has 2 aromatic carbocycles. The number of nitrogens with one attached hydrogen (secondary N) is 4. The Bertz CT molecular complexity index is 3030. The van der Waals surface area contributed by atoms with Crippen LogP contribution < -0.4 is 20.1 Å². The zero-order chi connectivity index (χ0) is 52.0. The van der Waals surface area contributed by atoms with E-state index in [4.69, 9.17) is 9.47 Å². The Morgan fingerprint density at radius 2 is 1.01 bits per heavy atom. The van der Waals surface area contributed by atoms with Gasteiger partial charge in [0.05, 0.1) is 25.6 Å². The van der Waals surface area contributed by atoms with Gasteiger partial charge in [0.1, 0.15) is 12.7 Å². The number of ether oxygens (including phenoxy) is 2. The minimum atomic E-state index is 0.141. The summed E-state index contributed by atoms with van der Waals surface area (Å²) in [7, 11) is 3.34. The second-order valence-corrected chi connectivity index (χ2v) is 21.6. The van der Waals surface area contributed by atoms with Gasteiger partial charge in [-0.2, -0.15) is 10.2 Å². The Morgan fingerprint density at radius 3 is 1.41 bits per heavy atom. The molecular formula is C59H76N12O4. The molecule has 0 saturated carbocycles. The van der Waals surface area contributed by atoms with Gasteiger partial charge in [-0.1, -0.05) is 59.1 Å². The molecule has 10 rings (SSSR count). The molecule has 2 amide bonds. The molecule has 0 aliphatic carbocycles. The number of nitrogens with zero attached hydrogens (tertiary/aromatic N) is 8.